The van der Waals surface area contributed by atoms with Crippen molar-refractivity contribution in [1.29, 1.82) is 0 Å². The van der Waals surface area contributed by atoms with Crippen molar-refractivity contribution in [1.82, 2.24) is 4.90 Å². The van der Waals surface area contributed by atoms with E-state index in [9.17, 15) is 22.8 Å². The third-order valence-electron chi connectivity index (χ3n) is 1.59. The molecule has 0 heterocycles. The summed E-state index contributed by atoms with van der Waals surface area (Å²) >= 11 is 0. The third kappa shape index (κ3) is 4.18. The monoisotopic (exact) mass is 227 g/mol. The van der Waals surface area contributed by atoms with Gasteiger partial charge in [0, 0.05) is 5.54 Å². The minimum absolute atomic E-state index is 0.273. The molecule has 0 aromatic carbocycles. The summed E-state index contributed by atoms with van der Waals surface area (Å²) in [4.78, 5) is 21.5. The lowest BCUT2D eigenvalue weighted by Crippen LogP contribution is -2.53. The fourth-order valence-electron chi connectivity index (χ4n) is 0.902. The van der Waals surface area contributed by atoms with Gasteiger partial charge < -0.3 is 10.0 Å². The molecule has 0 aromatic heterocycles. The first-order chi connectivity index (χ1) is 6.46. The lowest BCUT2D eigenvalue weighted by Gasteiger charge is -2.34. The number of nitrogens with zero attached hydrogens (tertiary/aromatic N) is 1. The van der Waals surface area contributed by atoms with Crippen LogP contribution in [0.15, 0.2) is 0 Å². The van der Waals surface area contributed by atoms with E-state index in [-0.39, 0.29) is 4.90 Å². The van der Waals surface area contributed by atoms with Crippen LogP contribution in [0.5, 0.6) is 0 Å². The van der Waals surface area contributed by atoms with Gasteiger partial charge in [-0.3, -0.25) is 9.59 Å². The van der Waals surface area contributed by atoms with E-state index in [0.29, 0.717) is 0 Å². The maximum Gasteiger partial charge on any atom is 0.471 e. The standard InChI is InChI=1S/C8H12F3NO3/c1-7(2,3)12(4-5(13)14)6(15)8(9,10)11/h4H2,1-3H3,(H,13,14). The summed E-state index contributed by atoms with van der Waals surface area (Å²) in [5.74, 6) is -3.63. The average Bonchev–Trinajstić information content (AvgIpc) is 1.94. The van der Waals surface area contributed by atoms with Gasteiger partial charge in [-0.05, 0) is 20.8 Å². The summed E-state index contributed by atoms with van der Waals surface area (Å²) in [7, 11) is 0. The molecule has 1 N–H and O–H groups in total. The molecule has 88 valence electrons. The number of hydrogen-bond donors (Lipinski definition) is 1. The van der Waals surface area contributed by atoms with Gasteiger partial charge in [0.2, 0.25) is 0 Å². The van der Waals surface area contributed by atoms with Gasteiger partial charge in [-0.25, -0.2) is 0 Å². The Bertz CT molecular complexity index is 267. The molecular formula is C8H12F3NO3. The van der Waals surface area contributed by atoms with Gasteiger partial charge in [-0.1, -0.05) is 0 Å². The zero-order valence-corrected chi connectivity index (χ0v) is 8.55. The van der Waals surface area contributed by atoms with Crippen LogP contribution in [0.3, 0.4) is 0 Å². The number of aliphatic carboxylic acids is 1. The number of rotatable bonds is 2. The van der Waals surface area contributed by atoms with Crippen molar-refractivity contribution in [2.75, 3.05) is 6.54 Å². The predicted octanol–water partition coefficient (Wildman–Crippen LogP) is 1.26. The Hall–Kier alpha value is -1.27. The first-order valence-corrected chi connectivity index (χ1v) is 4.07. The van der Waals surface area contributed by atoms with Gasteiger partial charge in [0.05, 0.1) is 0 Å². The second kappa shape index (κ2) is 4.08. The summed E-state index contributed by atoms with van der Waals surface area (Å²) in [6, 6.07) is 0. The number of carboxylic acid groups (broad SMARTS) is 1. The highest BCUT2D eigenvalue weighted by atomic mass is 19.4. The zero-order valence-electron chi connectivity index (χ0n) is 8.55. The van der Waals surface area contributed by atoms with Gasteiger partial charge in [0.15, 0.2) is 0 Å². The number of halogens is 3. The van der Waals surface area contributed by atoms with E-state index >= 15 is 0 Å². The van der Waals surface area contributed by atoms with Crippen LogP contribution in [0, 0.1) is 0 Å². The summed E-state index contributed by atoms with van der Waals surface area (Å²) < 4.78 is 36.3. The Balaban J connectivity index is 4.97. The number of carbonyl (C=O) groups is 2. The molecule has 0 aliphatic carbocycles. The van der Waals surface area contributed by atoms with Crippen molar-refractivity contribution in [2.24, 2.45) is 0 Å². The maximum atomic E-state index is 12.1. The van der Waals surface area contributed by atoms with Crippen molar-refractivity contribution in [3.8, 4) is 0 Å². The van der Waals surface area contributed by atoms with Crippen molar-refractivity contribution in [2.45, 2.75) is 32.5 Å². The Kier molecular flexibility index (Phi) is 3.73. The van der Waals surface area contributed by atoms with E-state index in [4.69, 9.17) is 5.11 Å². The van der Waals surface area contributed by atoms with Crippen LogP contribution in [0.4, 0.5) is 13.2 Å². The first kappa shape index (κ1) is 13.7. The lowest BCUT2D eigenvalue weighted by molar-refractivity contribution is -0.191. The van der Waals surface area contributed by atoms with Crippen molar-refractivity contribution >= 4 is 11.9 Å². The molecule has 4 nitrogen and oxygen atoms in total. The van der Waals surface area contributed by atoms with Crippen LogP contribution in [-0.4, -0.2) is 40.1 Å². The fraction of sp³-hybridized carbons (Fsp3) is 0.750. The molecule has 1 amide bonds. The molecule has 0 spiro atoms. The van der Waals surface area contributed by atoms with Gasteiger partial charge in [-0.15, -0.1) is 0 Å². The molecule has 0 aliphatic rings. The van der Waals surface area contributed by atoms with E-state index in [1.165, 1.54) is 20.8 Å². The summed E-state index contributed by atoms with van der Waals surface area (Å²) in [6.07, 6.45) is -5.05. The molecule has 0 saturated carbocycles. The molecule has 0 unspecified atom stereocenters. The molecular weight excluding hydrogens is 215 g/mol. The minimum Gasteiger partial charge on any atom is -0.480 e. The Morgan fingerprint density at radius 2 is 1.60 bits per heavy atom. The van der Waals surface area contributed by atoms with Crippen LogP contribution in [0.25, 0.3) is 0 Å². The highest BCUT2D eigenvalue weighted by Gasteiger charge is 2.46. The molecule has 0 atom stereocenters. The molecule has 0 fully saturated rings. The lowest BCUT2D eigenvalue weighted by atomic mass is 10.1. The number of carboxylic acids is 1. The van der Waals surface area contributed by atoms with Crippen LogP contribution < -0.4 is 0 Å². The second-order valence-corrected chi connectivity index (χ2v) is 3.95. The quantitative estimate of drug-likeness (QED) is 0.772. The van der Waals surface area contributed by atoms with Crippen molar-refractivity contribution in [3.63, 3.8) is 0 Å². The van der Waals surface area contributed by atoms with Gasteiger partial charge in [0.1, 0.15) is 6.54 Å². The maximum absolute atomic E-state index is 12.1. The number of amides is 1. The Morgan fingerprint density at radius 3 is 1.80 bits per heavy atom. The van der Waals surface area contributed by atoms with E-state index in [1.54, 1.807) is 0 Å². The number of carbonyl (C=O) groups excluding carboxylic acids is 1. The van der Waals surface area contributed by atoms with Gasteiger partial charge >= 0.3 is 18.1 Å². The summed E-state index contributed by atoms with van der Waals surface area (Å²) in [5, 5.41) is 8.40. The minimum atomic E-state index is -5.05. The molecule has 0 aromatic rings. The molecule has 7 heteroatoms. The second-order valence-electron chi connectivity index (χ2n) is 3.95. The predicted molar refractivity (Wildman–Crippen MR) is 45.2 cm³/mol. The van der Waals surface area contributed by atoms with Gasteiger partial charge in [-0.2, -0.15) is 13.2 Å². The SMILES string of the molecule is CC(C)(C)N(CC(=O)O)C(=O)C(F)(F)F. The molecule has 0 aliphatic heterocycles. The third-order valence-corrected chi connectivity index (χ3v) is 1.59. The van der Waals surface area contributed by atoms with Crippen molar-refractivity contribution in [3.05, 3.63) is 0 Å². The van der Waals surface area contributed by atoms with Crippen LogP contribution in [0.1, 0.15) is 20.8 Å². The Morgan fingerprint density at radius 1 is 1.20 bits per heavy atom. The largest absolute Gasteiger partial charge is 0.480 e. The van der Waals surface area contributed by atoms with Gasteiger partial charge in [0.25, 0.3) is 0 Å². The van der Waals surface area contributed by atoms with Crippen molar-refractivity contribution < 1.29 is 27.9 Å². The molecule has 0 saturated heterocycles. The number of hydrogen-bond acceptors (Lipinski definition) is 2. The van der Waals surface area contributed by atoms with E-state index in [0.717, 1.165) is 0 Å². The zero-order chi connectivity index (χ0) is 12.4. The number of alkyl halides is 3. The summed E-state index contributed by atoms with van der Waals surface area (Å²) in [5.41, 5.74) is -1.19. The van der Waals surface area contributed by atoms with Crippen LogP contribution in [0.2, 0.25) is 0 Å². The Labute approximate surface area is 84.7 Å². The smallest absolute Gasteiger partial charge is 0.471 e. The normalized spacial score (nSPS) is 12.4. The molecule has 0 bridgehead atoms. The van der Waals surface area contributed by atoms with E-state index in [1.807, 2.05) is 0 Å². The molecule has 0 radical (unpaired) electrons. The topological polar surface area (TPSA) is 57.6 Å². The summed E-state index contributed by atoms with van der Waals surface area (Å²) in [6.45, 7) is 3.03. The fourth-order valence-corrected chi connectivity index (χ4v) is 0.902. The van der Waals surface area contributed by atoms with E-state index in [2.05, 4.69) is 0 Å². The molecule has 15 heavy (non-hydrogen) atoms. The van der Waals surface area contributed by atoms with Crippen LogP contribution >= 0.6 is 0 Å². The van der Waals surface area contributed by atoms with E-state index < -0.39 is 30.1 Å². The average molecular weight is 227 g/mol. The highest BCUT2D eigenvalue weighted by molar-refractivity contribution is 5.86. The molecule has 0 rings (SSSR count). The van der Waals surface area contributed by atoms with Crippen LogP contribution in [-0.2, 0) is 9.59 Å². The first-order valence-electron chi connectivity index (χ1n) is 4.07. The highest BCUT2D eigenvalue weighted by Crippen LogP contribution is 2.23.